The number of nitrogens with zero attached hydrogens (tertiary/aromatic N) is 2. The third-order valence-corrected chi connectivity index (χ3v) is 3.84. The molecule has 1 saturated carbocycles. The van der Waals surface area contributed by atoms with Gasteiger partial charge in [-0.15, -0.1) is 0 Å². The first kappa shape index (κ1) is 14.7. The van der Waals surface area contributed by atoms with Crippen LogP contribution in [-0.2, 0) is 5.60 Å². The maximum atomic E-state index is 12.2. The van der Waals surface area contributed by atoms with Gasteiger partial charge in [0.1, 0.15) is 17.1 Å². The zero-order chi connectivity index (χ0) is 15.6. The summed E-state index contributed by atoms with van der Waals surface area (Å²) in [6.07, 6.45) is 3.80. The smallest absolute Gasteiger partial charge is 0.270 e. The van der Waals surface area contributed by atoms with Crippen molar-refractivity contribution in [2.24, 2.45) is 0 Å². The van der Waals surface area contributed by atoms with E-state index in [1.54, 1.807) is 19.2 Å². The molecule has 1 aromatic heterocycles. The van der Waals surface area contributed by atoms with Crippen LogP contribution in [0.4, 0.5) is 0 Å². The summed E-state index contributed by atoms with van der Waals surface area (Å²) < 4.78 is 0. The van der Waals surface area contributed by atoms with Crippen molar-refractivity contribution in [1.82, 2.24) is 15.3 Å². The Morgan fingerprint density at radius 2 is 2.05 bits per heavy atom. The highest BCUT2D eigenvalue weighted by Crippen LogP contribution is 2.37. The van der Waals surface area contributed by atoms with E-state index in [9.17, 15) is 9.90 Å². The van der Waals surface area contributed by atoms with Gasteiger partial charge in [-0.2, -0.15) is 0 Å². The summed E-state index contributed by atoms with van der Waals surface area (Å²) in [5, 5.41) is 13.2. The lowest BCUT2D eigenvalue weighted by Gasteiger charge is -2.24. The Bertz CT molecular complexity index is 667. The first-order chi connectivity index (χ1) is 10.6. The minimum Gasteiger partial charge on any atom is -0.384 e. The van der Waals surface area contributed by atoms with Crippen molar-refractivity contribution in [1.29, 1.82) is 0 Å². The molecule has 3 rings (SSSR count). The Labute approximate surface area is 129 Å². The number of carbonyl (C=O) groups is 1. The van der Waals surface area contributed by atoms with Crippen LogP contribution in [0.1, 0.15) is 47.6 Å². The monoisotopic (exact) mass is 297 g/mol. The predicted molar refractivity (Wildman–Crippen MR) is 82.4 cm³/mol. The van der Waals surface area contributed by atoms with Crippen molar-refractivity contribution >= 4 is 5.91 Å². The lowest BCUT2D eigenvalue weighted by Crippen LogP contribution is -2.38. The largest absolute Gasteiger partial charge is 0.384 e. The van der Waals surface area contributed by atoms with Crippen molar-refractivity contribution < 1.29 is 9.90 Å². The minimum atomic E-state index is -1.12. The molecule has 0 spiro atoms. The standard InChI is InChI=1S/C17H19N3O2/c1-17(22,13-5-3-2-4-6-13)11-19-16(21)14-9-10-18-15(20-14)12-7-8-12/h2-6,9-10,12,22H,7-8,11H2,1H3,(H,19,21). The fourth-order valence-electron chi connectivity index (χ4n) is 2.28. The molecule has 1 amide bonds. The molecular weight excluding hydrogens is 278 g/mol. The molecule has 1 aliphatic carbocycles. The van der Waals surface area contributed by atoms with Crippen LogP contribution in [0.3, 0.4) is 0 Å². The molecule has 2 aromatic rings. The minimum absolute atomic E-state index is 0.124. The van der Waals surface area contributed by atoms with E-state index in [4.69, 9.17) is 0 Å². The second kappa shape index (κ2) is 5.85. The summed E-state index contributed by atoms with van der Waals surface area (Å²) in [6, 6.07) is 10.9. The van der Waals surface area contributed by atoms with Crippen LogP contribution in [0.25, 0.3) is 0 Å². The average Bonchev–Trinajstić information content (AvgIpc) is 3.39. The van der Waals surface area contributed by atoms with Crippen LogP contribution < -0.4 is 5.32 Å². The fraction of sp³-hybridized carbons (Fsp3) is 0.353. The van der Waals surface area contributed by atoms with Crippen molar-refractivity contribution in [2.45, 2.75) is 31.3 Å². The quantitative estimate of drug-likeness (QED) is 0.885. The highest BCUT2D eigenvalue weighted by molar-refractivity contribution is 5.92. The van der Waals surface area contributed by atoms with Gasteiger partial charge in [-0.1, -0.05) is 30.3 Å². The number of hydrogen-bond donors (Lipinski definition) is 2. The molecule has 2 N–H and O–H groups in total. The maximum Gasteiger partial charge on any atom is 0.270 e. The van der Waals surface area contributed by atoms with E-state index in [0.717, 1.165) is 24.2 Å². The summed E-state index contributed by atoms with van der Waals surface area (Å²) in [5.74, 6) is 0.850. The van der Waals surface area contributed by atoms with E-state index in [2.05, 4.69) is 15.3 Å². The van der Waals surface area contributed by atoms with Gasteiger partial charge in [-0.25, -0.2) is 9.97 Å². The molecule has 5 nitrogen and oxygen atoms in total. The molecule has 22 heavy (non-hydrogen) atoms. The van der Waals surface area contributed by atoms with Crippen LogP contribution in [0.15, 0.2) is 42.6 Å². The van der Waals surface area contributed by atoms with Crippen molar-refractivity contribution in [2.75, 3.05) is 6.54 Å². The third-order valence-electron chi connectivity index (χ3n) is 3.84. The molecule has 0 bridgehead atoms. The van der Waals surface area contributed by atoms with E-state index in [0.29, 0.717) is 11.6 Å². The van der Waals surface area contributed by atoms with Gasteiger partial charge in [-0.05, 0) is 31.4 Å². The van der Waals surface area contributed by atoms with Crippen molar-refractivity contribution in [3.8, 4) is 0 Å². The summed E-state index contributed by atoms with van der Waals surface area (Å²) in [4.78, 5) is 20.7. The average molecular weight is 297 g/mol. The van der Waals surface area contributed by atoms with Crippen LogP contribution in [0, 0.1) is 0 Å². The molecular formula is C17H19N3O2. The Hall–Kier alpha value is -2.27. The number of amides is 1. The topological polar surface area (TPSA) is 75.1 Å². The normalized spacial score (nSPS) is 16.8. The number of benzene rings is 1. The van der Waals surface area contributed by atoms with Crippen LogP contribution in [0.2, 0.25) is 0 Å². The zero-order valence-electron chi connectivity index (χ0n) is 12.5. The van der Waals surface area contributed by atoms with E-state index in [-0.39, 0.29) is 12.5 Å². The Balaban J connectivity index is 1.65. The Morgan fingerprint density at radius 1 is 1.32 bits per heavy atom. The molecule has 0 aliphatic heterocycles. The summed E-state index contributed by atoms with van der Waals surface area (Å²) in [5.41, 5.74) is -0.0130. The number of rotatable bonds is 5. The maximum absolute atomic E-state index is 12.2. The predicted octanol–water partition coefficient (Wildman–Crippen LogP) is 1.99. The van der Waals surface area contributed by atoms with E-state index in [1.165, 1.54) is 0 Å². The van der Waals surface area contributed by atoms with Gasteiger partial charge in [0.25, 0.3) is 5.91 Å². The van der Waals surface area contributed by atoms with Gasteiger partial charge in [0.15, 0.2) is 0 Å². The van der Waals surface area contributed by atoms with E-state index in [1.807, 2.05) is 30.3 Å². The third kappa shape index (κ3) is 3.31. The molecule has 1 heterocycles. The van der Waals surface area contributed by atoms with Crippen LogP contribution in [0.5, 0.6) is 0 Å². The molecule has 114 valence electrons. The first-order valence-electron chi connectivity index (χ1n) is 7.45. The summed E-state index contributed by atoms with van der Waals surface area (Å²) in [6.45, 7) is 1.80. The van der Waals surface area contributed by atoms with Gasteiger partial charge in [-0.3, -0.25) is 4.79 Å². The van der Waals surface area contributed by atoms with Crippen molar-refractivity contribution in [3.05, 3.63) is 59.7 Å². The van der Waals surface area contributed by atoms with Crippen LogP contribution in [-0.4, -0.2) is 27.5 Å². The zero-order valence-corrected chi connectivity index (χ0v) is 12.5. The van der Waals surface area contributed by atoms with E-state index >= 15 is 0 Å². The highest BCUT2D eigenvalue weighted by atomic mass is 16.3. The van der Waals surface area contributed by atoms with Gasteiger partial charge < -0.3 is 10.4 Å². The number of hydrogen-bond acceptors (Lipinski definition) is 4. The fourth-order valence-corrected chi connectivity index (χ4v) is 2.28. The number of nitrogens with one attached hydrogen (secondary N) is 1. The number of aromatic nitrogens is 2. The molecule has 5 heteroatoms. The molecule has 1 aromatic carbocycles. The Kier molecular flexibility index (Phi) is 3.90. The van der Waals surface area contributed by atoms with Crippen molar-refractivity contribution in [3.63, 3.8) is 0 Å². The Morgan fingerprint density at radius 3 is 2.73 bits per heavy atom. The van der Waals surface area contributed by atoms with E-state index < -0.39 is 5.60 Å². The highest BCUT2D eigenvalue weighted by Gasteiger charge is 2.28. The second-order valence-electron chi connectivity index (χ2n) is 5.90. The molecule has 1 fully saturated rings. The molecule has 1 aliphatic rings. The lowest BCUT2D eigenvalue weighted by atomic mass is 9.96. The second-order valence-corrected chi connectivity index (χ2v) is 5.90. The van der Waals surface area contributed by atoms with Gasteiger partial charge in [0, 0.05) is 12.1 Å². The van der Waals surface area contributed by atoms with Gasteiger partial charge >= 0.3 is 0 Å². The van der Waals surface area contributed by atoms with Gasteiger partial charge in [0.2, 0.25) is 0 Å². The SMILES string of the molecule is CC(O)(CNC(=O)c1ccnc(C2CC2)n1)c1ccccc1. The number of aliphatic hydroxyl groups is 1. The molecule has 1 unspecified atom stereocenters. The van der Waals surface area contributed by atoms with Gasteiger partial charge in [0.05, 0.1) is 6.54 Å². The molecule has 1 atom stereocenters. The lowest BCUT2D eigenvalue weighted by molar-refractivity contribution is 0.0525. The molecule has 0 saturated heterocycles. The molecule has 0 radical (unpaired) electrons. The van der Waals surface area contributed by atoms with Crippen LogP contribution >= 0.6 is 0 Å². The first-order valence-corrected chi connectivity index (χ1v) is 7.45. The number of carbonyl (C=O) groups excluding carboxylic acids is 1. The summed E-state index contributed by atoms with van der Waals surface area (Å²) >= 11 is 0. The summed E-state index contributed by atoms with van der Waals surface area (Å²) in [7, 11) is 0.